The Kier molecular flexibility index (Phi) is 21.2. The van der Waals surface area contributed by atoms with E-state index in [0.717, 1.165) is 0 Å². The first-order chi connectivity index (χ1) is 12.7. The fourth-order valence-corrected chi connectivity index (χ4v) is 3.83. The molecule has 2 unspecified atom stereocenters. The molecule has 26 heavy (non-hydrogen) atoms. The van der Waals surface area contributed by atoms with Gasteiger partial charge in [-0.1, -0.05) is 117 Å². The average Bonchev–Trinajstić information content (AvgIpc) is 2.63. The molecule has 0 bridgehead atoms. The molecule has 0 aliphatic rings. The molecule has 2 nitrogen and oxygen atoms in total. The topological polar surface area (TPSA) is 52.0 Å². The maximum absolute atomic E-state index is 6.26. The maximum Gasteiger partial charge on any atom is 0.00388 e. The minimum Gasteiger partial charge on any atom is -0.328 e. The summed E-state index contributed by atoms with van der Waals surface area (Å²) in [5.74, 6) is 0. The minimum absolute atomic E-state index is 0.441. The summed E-state index contributed by atoms with van der Waals surface area (Å²) >= 11 is 0. The van der Waals surface area contributed by atoms with Crippen molar-refractivity contribution in [1.29, 1.82) is 0 Å². The summed E-state index contributed by atoms with van der Waals surface area (Å²) < 4.78 is 0. The van der Waals surface area contributed by atoms with E-state index < -0.39 is 0 Å². The molecule has 0 aromatic rings. The predicted molar refractivity (Wildman–Crippen MR) is 120 cm³/mol. The van der Waals surface area contributed by atoms with Gasteiger partial charge in [0.1, 0.15) is 0 Å². The van der Waals surface area contributed by atoms with Crippen molar-refractivity contribution in [3.8, 4) is 0 Å². The van der Waals surface area contributed by atoms with Crippen molar-refractivity contribution in [3.63, 3.8) is 0 Å². The van der Waals surface area contributed by atoms with E-state index in [9.17, 15) is 0 Å². The fraction of sp³-hybridized carbons (Fsp3) is 1.00. The number of unbranched alkanes of at least 4 members (excludes halogenated alkanes) is 13. The summed E-state index contributed by atoms with van der Waals surface area (Å²) in [7, 11) is 0. The molecule has 0 saturated carbocycles. The van der Waals surface area contributed by atoms with Crippen molar-refractivity contribution in [1.82, 2.24) is 0 Å². The van der Waals surface area contributed by atoms with Gasteiger partial charge in [-0.05, 0) is 25.7 Å². The van der Waals surface area contributed by atoms with Gasteiger partial charge in [0.2, 0.25) is 0 Å². The zero-order chi connectivity index (χ0) is 19.3. The van der Waals surface area contributed by atoms with E-state index in [1.54, 1.807) is 0 Å². The van der Waals surface area contributed by atoms with Gasteiger partial charge in [0, 0.05) is 12.1 Å². The Bertz CT molecular complexity index is 229. The van der Waals surface area contributed by atoms with Crippen molar-refractivity contribution in [2.75, 3.05) is 0 Å². The molecule has 158 valence electrons. The highest BCUT2D eigenvalue weighted by Gasteiger charge is 2.04. The van der Waals surface area contributed by atoms with Gasteiger partial charge in [-0.2, -0.15) is 0 Å². The number of nitrogens with two attached hydrogens (primary N) is 2. The van der Waals surface area contributed by atoms with Crippen molar-refractivity contribution in [3.05, 3.63) is 0 Å². The van der Waals surface area contributed by atoms with Gasteiger partial charge >= 0.3 is 0 Å². The molecule has 0 amide bonds. The third-order valence-corrected chi connectivity index (χ3v) is 5.76. The SMILES string of the molecule is CCCCCCCCC(N)CCCCCCC(N)CCCCCCCC. The summed E-state index contributed by atoms with van der Waals surface area (Å²) in [6.45, 7) is 4.55. The summed E-state index contributed by atoms with van der Waals surface area (Å²) in [5.41, 5.74) is 12.5. The zero-order valence-electron chi connectivity index (χ0n) is 18.5. The van der Waals surface area contributed by atoms with E-state index in [0.29, 0.717) is 12.1 Å². The van der Waals surface area contributed by atoms with E-state index in [1.165, 1.54) is 128 Å². The molecular weight excluding hydrogens is 316 g/mol. The molecule has 0 aliphatic carbocycles. The molecule has 2 heteroatoms. The molecule has 0 fully saturated rings. The first-order valence-electron chi connectivity index (χ1n) is 12.2. The number of hydrogen-bond donors (Lipinski definition) is 2. The Balaban J connectivity index is 3.25. The lowest BCUT2D eigenvalue weighted by Gasteiger charge is -2.13. The van der Waals surface area contributed by atoms with Crippen molar-refractivity contribution < 1.29 is 0 Å². The lowest BCUT2D eigenvalue weighted by Crippen LogP contribution is -2.20. The molecule has 2 atom stereocenters. The highest BCUT2D eigenvalue weighted by Crippen LogP contribution is 2.14. The van der Waals surface area contributed by atoms with Crippen LogP contribution in [-0.2, 0) is 0 Å². The van der Waals surface area contributed by atoms with Crippen LogP contribution in [-0.4, -0.2) is 12.1 Å². The van der Waals surface area contributed by atoms with Crippen LogP contribution in [0.2, 0.25) is 0 Å². The first-order valence-corrected chi connectivity index (χ1v) is 12.2. The quantitative estimate of drug-likeness (QED) is 0.206. The van der Waals surface area contributed by atoms with Crippen molar-refractivity contribution in [2.24, 2.45) is 11.5 Å². The van der Waals surface area contributed by atoms with Crippen LogP contribution >= 0.6 is 0 Å². The molecule has 0 saturated heterocycles. The molecular formula is C24H52N2. The minimum atomic E-state index is 0.441. The normalized spacial score (nSPS) is 13.8. The van der Waals surface area contributed by atoms with Gasteiger partial charge in [-0.15, -0.1) is 0 Å². The van der Waals surface area contributed by atoms with E-state index >= 15 is 0 Å². The Morgan fingerprint density at radius 2 is 0.615 bits per heavy atom. The second kappa shape index (κ2) is 21.2. The predicted octanol–water partition coefficient (Wildman–Crippen LogP) is 7.48. The Hall–Kier alpha value is -0.0800. The molecule has 0 heterocycles. The standard InChI is InChI=1S/C24H52N2/c1-3-5-7-9-11-15-19-23(25)21-17-13-14-18-22-24(26)20-16-12-10-8-6-4-2/h23-24H,3-22,25-26H2,1-2H3. The maximum atomic E-state index is 6.26. The molecule has 0 rings (SSSR count). The van der Waals surface area contributed by atoms with Crippen LogP contribution in [0.25, 0.3) is 0 Å². The monoisotopic (exact) mass is 368 g/mol. The van der Waals surface area contributed by atoms with Crippen LogP contribution in [0.5, 0.6) is 0 Å². The van der Waals surface area contributed by atoms with E-state index in [1.807, 2.05) is 0 Å². The lowest BCUT2D eigenvalue weighted by molar-refractivity contribution is 0.465. The van der Waals surface area contributed by atoms with E-state index in [2.05, 4.69) is 13.8 Å². The molecule has 0 aromatic heterocycles. The Morgan fingerprint density at radius 1 is 0.385 bits per heavy atom. The summed E-state index contributed by atoms with van der Waals surface area (Å²) in [6, 6.07) is 0.882. The summed E-state index contributed by atoms with van der Waals surface area (Å²) in [4.78, 5) is 0. The largest absolute Gasteiger partial charge is 0.328 e. The molecule has 4 N–H and O–H groups in total. The van der Waals surface area contributed by atoms with Gasteiger partial charge < -0.3 is 11.5 Å². The zero-order valence-corrected chi connectivity index (χ0v) is 18.5. The second-order valence-corrected chi connectivity index (χ2v) is 8.62. The highest BCUT2D eigenvalue weighted by atomic mass is 14.6. The molecule has 0 aliphatic heterocycles. The smallest absolute Gasteiger partial charge is 0.00388 e. The second-order valence-electron chi connectivity index (χ2n) is 8.62. The van der Waals surface area contributed by atoms with Crippen LogP contribution in [0.3, 0.4) is 0 Å². The molecule has 0 radical (unpaired) electrons. The van der Waals surface area contributed by atoms with Crippen molar-refractivity contribution >= 4 is 0 Å². The van der Waals surface area contributed by atoms with Gasteiger partial charge in [0.05, 0.1) is 0 Å². The van der Waals surface area contributed by atoms with Crippen LogP contribution in [0, 0.1) is 0 Å². The third-order valence-electron chi connectivity index (χ3n) is 5.76. The molecule has 0 aromatic carbocycles. The Labute approximate surface area is 166 Å². The third kappa shape index (κ3) is 20.2. The van der Waals surface area contributed by atoms with Gasteiger partial charge in [0.25, 0.3) is 0 Å². The van der Waals surface area contributed by atoms with Gasteiger partial charge in [0.15, 0.2) is 0 Å². The average molecular weight is 369 g/mol. The van der Waals surface area contributed by atoms with Gasteiger partial charge in [-0.3, -0.25) is 0 Å². The molecule has 0 spiro atoms. The summed E-state index contributed by atoms with van der Waals surface area (Å²) in [5, 5.41) is 0. The fourth-order valence-electron chi connectivity index (χ4n) is 3.83. The van der Waals surface area contributed by atoms with Crippen LogP contribution in [0.15, 0.2) is 0 Å². The lowest BCUT2D eigenvalue weighted by atomic mass is 9.99. The number of rotatable bonds is 21. The number of hydrogen-bond acceptors (Lipinski definition) is 2. The van der Waals surface area contributed by atoms with Crippen LogP contribution in [0.4, 0.5) is 0 Å². The highest BCUT2D eigenvalue weighted by molar-refractivity contribution is 4.64. The summed E-state index contributed by atoms with van der Waals surface area (Å²) in [6.07, 6.45) is 26.7. The van der Waals surface area contributed by atoms with Crippen molar-refractivity contribution in [2.45, 2.75) is 154 Å². The first kappa shape index (κ1) is 25.9. The van der Waals surface area contributed by atoms with E-state index in [-0.39, 0.29) is 0 Å². The van der Waals surface area contributed by atoms with Crippen LogP contribution < -0.4 is 11.5 Å². The van der Waals surface area contributed by atoms with Crippen LogP contribution in [0.1, 0.15) is 142 Å². The van der Waals surface area contributed by atoms with E-state index in [4.69, 9.17) is 11.5 Å². The Morgan fingerprint density at radius 3 is 0.885 bits per heavy atom. The van der Waals surface area contributed by atoms with Gasteiger partial charge in [-0.25, -0.2) is 0 Å².